The first-order valence-corrected chi connectivity index (χ1v) is 4.46. The summed E-state index contributed by atoms with van der Waals surface area (Å²) in [6, 6.07) is 6.41. The molecule has 0 saturated heterocycles. The van der Waals surface area contributed by atoms with Crippen molar-refractivity contribution in [3.63, 3.8) is 0 Å². The van der Waals surface area contributed by atoms with E-state index in [9.17, 15) is 14.9 Å². The van der Waals surface area contributed by atoms with Gasteiger partial charge in [0.25, 0.3) is 12.2 Å². The summed E-state index contributed by atoms with van der Waals surface area (Å²) in [5.74, 6) is 0. The van der Waals surface area contributed by atoms with E-state index in [-0.39, 0.29) is 11.8 Å². The van der Waals surface area contributed by atoms with Crippen molar-refractivity contribution in [1.29, 1.82) is 0 Å². The molecule has 1 unspecified atom stereocenters. The van der Waals surface area contributed by atoms with Gasteiger partial charge in [0.05, 0.1) is 4.92 Å². The summed E-state index contributed by atoms with van der Waals surface area (Å²) in [6.45, 7) is 2.03. The Labute approximate surface area is 86.8 Å². The van der Waals surface area contributed by atoms with Crippen molar-refractivity contribution in [2.45, 2.75) is 19.4 Å². The number of para-hydroxylation sites is 1. The van der Waals surface area contributed by atoms with Crippen LogP contribution < -0.4 is 0 Å². The lowest BCUT2D eigenvalue weighted by atomic mass is 10.1. The summed E-state index contributed by atoms with van der Waals surface area (Å²) < 4.78 is 4.68. The number of hydrogen-bond donors (Lipinski definition) is 0. The summed E-state index contributed by atoms with van der Waals surface area (Å²) >= 11 is 0. The van der Waals surface area contributed by atoms with E-state index in [1.807, 2.05) is 0 Å². The maximum absolute atomic E-state index is 10.7. The van der Waals surface area contributed by atoms with E-state index in [0.29, 0.717) is 18.5 Å². The Kier molecular flexibility index (Phi) is 3.79. The molecule has 15 heavy (non-hydrogen) atoms. The molecule has 0 aliphatic carbocycles. The third-order valence-electron chi connectivity index (χ3n) is 1.98. The number of benzene rings is 1. The summed E-state index contributed by atoms with van der Waals surface area (Å²) in [6.07, 6.45) is -0.0146. The molecule has 0 aliphatic rings. The number of rotatable bonds is 5. The topological polar surface area (TPSA) is 69.4 Å². The lowest BCUT2D eigenvalue weighted by Crippen LogP contribution is -2.11. The van der Waals surface area contributed by atoms with Gasteiger partial charge in [-0.1, -0.05) is 18.2 Å². The second-order valence-corrected chi connectivity index (χ2v) is 3.13. The third-order valence-corrected chi connectivity index (χ3v) is 1.98. The van der Waals surface area contributed by atoms with Crippen LogP contribution in [0.4, 0.5) is 5.69 Å². The van der Waals surface area contributed by atoms with Gasteiger partial charge in [-0.15, -0.1) is 0 Å². The van der Waals surface area contributed by atoms with Crippen molar-refractivity contribution in [1.82, 2.24) is 0 Å². The van der Waals surface area contributed by atoms with Crippen molar-refractivity contribution in [2.24, 2.45) is 0 Å². The molecule has 5 nitrogen and oxygen atoms in total. The normalized spacial score (nSPS) is 11.8. The largest absolute Gasteiger partial charge is 0.465 e. The highest BCUT2D eigenvalue weighted by Gasteiger charge is 2.14. The number of nitro groups is 1. The molecule has 0 saturated carbocycles. The highest BCUT2D eigenvalue weighted by atomic mass is 16.6. The fourth-order valence-electron chi connectivity index (χ4n) is 1.31. The number of carbonyl (C=O) groups is 1. The van der Waals surface area contributed by atoms with Crippen molar-refractivity contribution < 1.29 is 14.5 Å². The van der Waals surface area contributed by atoms with E-state index in [1.165, 1.54) is 6.07 Å². The number of nitro benzene ring substituents is 1. The van der Waals surface area contributed by atoms with E-state index in [4.69, 9.17) is 0 Å². The zero-order chi connectivity index (χ0) is 11.3. The van der Waals surface area contributed by atoms with Crippen LogP contribution in [-0.4, -0.2) is 17.5 Å². The molecule has 1 aromatic rings. The molecule has 0 aromatic heterocycles. The van der Waals surface area contributed by atoms with Gasteiger partial charge in [0, 0.05) is 18.1 Å². The fraction of sp³-hybridized carbons (Fsp3) is 0.300. The summed E-state index contributed by atoms with van der Waals surface area (Å²) in [5, 5.41) is 10.7. The molecule has 1 rings (SSSR count). The maximum atomic E-state index is 10.7. The Bertz CT molecular complexity index is 364. The maximum Gasteiger partial charge on any atom is 0.293 e. The SMILES string of the molecule is CC(Cc1ccccc1[N+](=O)[O-])OC=O. The van der Waals surface area contributed by atoms with E-state index in [0.717, 1.165) is 0 Å². The molecule has 0 bridgehead atoms. The quantitative estimate of drug-likeness (QED) is 0.420. The summed E-state index contributed by atoms with van der Waals surface area (Å²) in [5.41, 5.74) is 0.621. The van der Waals surface area contributed by atoms with Crippen molar-refractivity contribution >= 4 is 12.2 Å². The highest BCUT2D eigenvalue weighted by molar-refractivity contribution is 5.41. The second kappa shape index (κ2) is 5.09. The Morgan fingerprint density at radius 2 is 2.20 bits per heavy atom. The standard InChI is InChI=1S/C10H11NO4/c1-8(15-7-12)6-9-4-2-3-5-10(9)11(13)14/h2-5,7-8H,6H2,1H3. The molecule has 0 aliphatic heterocycles. The van der Waals surface area contributed by atoms with Gasteiger partial charge in [-0.05, 0) is 6.92 Å². The molecule has 80 valence electrons. The zero-order valence-electron chi connectivity index (χ0n) is 8.25. The van der Waals surface area contributed by atoms with Crippen LogP contribution in [0.5, 0.6) is 0 Å². The minimum Gasteiger partial charge on any atom is -0.465 e. The zero-order valence-corrected chi connectivity index (χ0v) is 8.25. The minimum absolute atomic E-state index is 0.0545. The molecule has 1 atom stereocenters. The van der Waals surface area contributed by atoms with Crippen molar-refractivity contribution in [3.05, 3.63) is 39.9 Å². The van der Waals surface area contributed by atoms with Crippen LogP contribution in [0.25, 0.3) is 0 Å². The third kappa shape index (κ3) is 3.05. The first kappa shape index (κ1) is 11.2. The molecule has 0 amide bonds. The number of hydrogen-bond acceptors (Lipinski definition) is 4. The molecule has 0 heterocycles. The Hall–Kier alpha value is -1.91. The van der Waals surface area contributed by atoms with Gasteiger partial charge in [-0.25, -0.2) is 0 Å². The van der Waals surface area contributed by atoms with Gasteiger partial charge in [-0.2, -0.15) is 0 Å². The van der Waals surface area contributed by atoms with E-state index in [1.54, 1.807) is 25.1 Å². The first-order valence-electron chi connectivity index (χ1n) is 4.46. The van der Waals surface area contributed by atoms with Crippen molar-refractivity contribution in [3.8, 4) is 0 Å². The average Bonchev–Trinajstić information content (AvgIpc) is 2.18. The minimum atomic E-state index is -0.442. The molecular formula is C10H11NO4. The van der Waals surface area contributed by atoms with Gasteiger partial charge in [0.1, 0.15) is 6.10 Å². The Morgan fingerprint density at radius 1 is 1.53 bits per heavy atom. The smallest absolute Gasteiger partial charge is 0.293 e. The second-order valence-electron chi connectivity index (χ2n) is 3.13. The van der Waals surface area contributed by atoms with Crippen LogP contribution in [0.1, 0.15) is 12.5 Å². The fourth-order valence-corrected chi connectivity index (χ4v) is 1.31. The predicted octanol–water partition coefficient (Wildman–Crippen LogP) is 1.70. The van der Waals surface area contributed by atoms with Gasteiger partial charge in [-0.3, -0.25) is 14.9 Å². The molecule has 0 N–H and O–H groups in total. The predicted molar refractivity (Wildman–Crippen MR) is 53.4 cm³/mol. The first-order chi connectivity index (χ1) is 7.15. The van der Waals surface area contributed by atoms with Gasteiger partial charge in [0.15, 0.2) is 0 Å². The lowest BCUT2D eigenvalue weighted by Gasteiger charge is -2.09. The highest BCUT2D eigenvalue weighted by Crippen LogP contribution is 2.19. The molecule has 0 fully saturated rings. The molecule has 0 radical (unpaired) electrons. The van der Waals surface area contributed by atoms with Crippen LogP contribution in [0.15, 0.2) is 24.3 Å². The van der Waals surface area contributed by atoms with Gasteiger partial charge >= 0.3 is 0 Å². The van der Waals surface area contributed by atoms with Crippen LogP contribution in [0, 0.1) is 10.1 Å². The molecule has 5 heteroatoms. The molecule has 1 aromatic carbocycles. The number of nitrogens with zero attached hydrogens (tertiary/aromatic N) is 1. The molecule has 0 spiro atoms. The van der Waals surface area contributed by atoms with E-state index >= 15 is 0 Å². The summed E-state index contributed by atoms with van der Waals surface area (Å²) in [7, 11) is 0. The average molecular weight is 209 g/mol. The molecular weight excluding hydrogens is 198 g/mol. The monoisotopic (exact) mass is 209 g/mol. The van der Waals surface area contributed by atoms with Crippen LogP contribution in [0.3, 0.4) is 0 Å². The number of ether oxygens (including phenoxy) is 1. The van der Waals surface area contributed by atoms with Crippen molar-refractivity contribution in [2.75, 3.05) is 0 Å². The lowest BCUT2D eigenvalue weighted by molar-refractivity contribution is -0.385. The van der Waals surface area contributed by atoms with Gasteiger partial charge < -0.3 is 4.74 Å². The van der Waals surface area contributed by atoms with E-state index < -0.39 is 4.92 Å². The Morgan fingerprint density at radius 3 is 2.80 bits per heavy atom. The number of carbonyl (C=O) groups excluding carboxylic acids is 1. The van der Waals surface area contributed by atoms with Gasteiger partial charge in [0.2, 0.25) is 0 Å². The summed E-state index contributed by atoms with van der Waals surface area (Å²) in [4.78, 5) is 20.3. The Balaban J connectivity index is 2.84. The van der Waals surface area contributed by atoms with Crippen LogP contribution in [0.2, 0.25) is 0 Å². The van der Waals surface area contributed by atoms with Crippen LogP contribution in [-0.2, 0) is 16.0 Å². The van der Waals surface area contributed by atoms with Crippen LogP contribution >= 0.6 is 0 Å². The van der Waals surface area contributed by atoms with E-state index in [2.05, 4.69) is 4.74 Å².